The van der Waals surface area contributed by atoms with Crippen molar-refractivity contribution in [3.05, 3.63) is 34.9 Å². The third kappa shape index (κ3) is 3.57. The number of rotatable bonds is 3. The Kier molecular flexibility index (Phi) is 4.59. The molecular weight excluding hydrogens is 236 g/mol. The number of piperidine rings is 1. The highest BCUT2D eigenvalue weighted by Crippen LogP contribution is 2.26. The van der Waals surface area contributed by atoms with Gasteiger partial charge in [0.15, 0.2) is 0 Å². The van der Waals surface area contributed by atoms with Gasteiger partial charge >= 0.3 is 0 Å². The first kappa shape index (κ1) is 14.1. The van der Waals surface area contributed by atoms with Crippen LogP contribution in [0.4, 0.5) is 0 Å². The second-order valence-electron chi connectivity index (χ2n) is 5.73. The number of amides is 1. The summed E-state index contributed by atoms with van der Waals surface area (Å²) in [5.74, 6) is 0.635. The van der Waals surface area contributed by atoms with Crippen LogP contribution in [0.25, 0.3) is 0 Å². The minimum Gasteiger partial charge on any atom is -0.350 e. The number of hydrogen-bond acceptors (Lipinski definition) is 2. The largest absolute Gasteiger partial charge is 0.350 e. The maximum absolute atomic E-state index is 12.2. The maximum Gasteiger partial charge on any atom is 0.251 e. The van der Waals surface area contributed by atoms with E-state index < -0.39 is 0 Å². The zero-order valence-electron chi connectivity index (χ0n) is 12.1. The lowest BCUT2D eigenvalue weighted by molar-refractivity contribution is 0.0942. The van der Waals surface area contributed by atoms with Crippen LogP contribution in [0.1, 0.15) is 54.1 Å². The van der Waals surface area contributed by atoms with Gasteiger partial charge in [-0.3, -0.25) is 4.79 Å². The Morgan fingerprint density at radius 3 is 2.63 bits per heavy atom. The van der Waals surface area contributed by atoms with Crippen LogP contribution in [0, 0.1) is 6.92 Å². The molecule has 1 aromatic carbocycles. The van der Waals surface area contributed by atoms with E-state index in [-0.39, 0.29) is 11.9 Å². The molecule has 0 radical (unpaired) electrons. The van der Waals surface area contributed by atoms with Crippen LogP contribution in [0.3, 0.4) is 0 Å². The molecule has 1 aliphatic heterocycles. The number of hydrogen-bond donors (Lipinski definition) is 2. The number of aryl methyl sites for hydroxylation is 1. The van der Waals surface area contributed by atoms with Crippen molar-refractivity contribution in [3.63, 3.8) is 0 Å². The second kappa shape index (κ2) is 6.20. The van der Waals surface area contributed by atoms with Gasteiger partial charge in [0.2, 0.25) is 0 Å². The predicted molar refractivity (Wildman–Crippen MR) is 78.6 cm³/mol. The van der Waals surface area contributed by atoms with Gasteiger partial charge in [0.05, 0.1) is 0 Å². The van der Waals surface area contributed by atoms with E-state index in [1.165, 1.54) is 5.56 Å². The van der Waals surface area contributed by atoms with Crippen LogP contribution < -0.4 is 10.6 Å². The molecule has 3 nitrogen and oxygen atoms in total. The van der Waals surface area contributed by atoms with Gasteiger partial charge in [0, 0.05) is 11.6 Å². The second-order valence-corrected chi connectivity index (χ2v) is 5.73. The van der Waals surface area contributed by atoms with Crippen molar-refractivity contribution < 1.29 is 4.79 Å². The van der Waals surface area contributed by atoms with E-state index in [4.69, 9.17) is 0 Å². The summed E-state index contributed by atoms with van der Waals surface area (Å²) >= 11 is 0. The fraction of sp³-hybridized carbons (Fsp3) is 0.562. The standard InChI is InChI=1S/C16H24N2O/c1-11(2)18-16(19)15-10-14(5-4-12(15)3)13-6-8-17-9-7-13/h4-5,10-11,13,17H,6-9H2,1-3H3,(H,18,19). The van der Waals surface area contributed by atoms with E-state index in [1.807, 2.05) is 20.8 Å². The molecule has 0 bridgehead atoms. The Bertz CT molecular complexity index is 448. The zero-order valence-corrected chi connectivity index (χ0v) is 12.1. The number of nitrogens with one attached hydrogen (secondary N) is 2. The minimum absolute atomic E-state index is 0.0447. The topological polar surface area (TPSA) is 41.1 Å². The van der Waals surface area contributed by atoms with Crippen molar-refractivity contribution in [3.8, 4) is 0 Å². The van der Waals surface area contributed by atoms with Gasteiger partial charge in [-0.25, -0.2) is 0 Å². The maximum atomic E-state index is 12.2. The first-order valence-electron chi connectivity index (χ1n) is 7.20. The average molecular weight is 260 g/mol. The molecule has 0 saturated carbocycles. The van der Waals surface area contributed by atoms with Crippen LogP contribution in [0.2, 0.25) is 0 Å². The molecule has 104 valence electrons. The highest BCUT2D eigenvalue weighted by Gasteiger charge is 2.18. The number of carbonyl (C=O) groups is 1. The van der Waals surface area contributed by atoms with E-state index >= 15 is 0 Å². The summed E-state index contributed by atoms with van der Waals surface area (Å²) < 4.78 is 0. The van der Waals surface area contributed by atoms with Gasteiger partial charge in [-0.2, -0.15) is 0 Å². The Morgan fingerprint density at radius 1 is 1.32 bits per heavy atom. The molecule has 0 unspecified atom stereocenters. The zero-order chi connectivity index (χ0) is 13.8. The lowest BCUT2D eigenvalue weighted by Crippen LogP contribution is -2.31. The van der Waals surface area contributed by atoms with Crippen LogP contribution in [0.15, 0.2) is 18.2 Å². The van der Waals surface area contributed by atoms with Gasteiger partial charge in [-0.1, -0.05) is 12.1 Å². The van der Waals surface area contributed by atoms with Gasteiger partial charge < -0.3 is 10.6 Å². The van der Waals surface area contributed by atoms with Crippen molar-refractivity contribution >= 4 is 5.91 Å². The van der Waals surface area contributed by atoms with Gasteiger partial charge in [0.25, 0.3) is 5.91 Å². The van der Waals surface area contributed by atoms with Crippen molar-refractivity contribution in [2.45, 2.75) is 45.6 Å². The minimum atomic E-state index is 0.0447. The highest BCUT2D eigenvalue weighted by atomic mass is 16.1. The van der Waals surface area contributed by atoms with Crippen LogP contribution in [-0.4, -0.2) is 25.0 Å². The fourth-order valence-corrected chi connectivity index (χ4v) is 2.63. The molecule has 0 atom stereocenters. The predicted octanol–water partition coefficient (Wildman–Crippen LogP) is 2.60. The molecule has 0 aliphatic carbocycles. The normalized spacial score (nSPS) is 16.6. The molecule has 2 N–H and O–H groups in total. The SMILES string of the molecule is Cc1ccc(C2CCNCC2)cc1C(=O)NC(C)C. The molecule has 2 rings (SSSR count). The van der Waals surface area contributed by atoms with Crippen molar-refractivity contribution in [2.75, 3.05) is 13.1 Å². The average Bonchev–Trinajstić information content (AvgIpc) is 2.39. The van der Waals surface area contributed by atoms with Gasteiger partial charge in [-0.05, 0) is 69.8 Å². The lowest BCUT2D eigenvalue weighted by atomic mass is 9.88. The van der Waals surface area contributed by atoms with E-state index in [0.717, 1.165) is 37.1 Å². The quantitative estimate of drug-likeness (QED) is 0.877. The van der Waals surface area contributed by atoms with Gasteiger partial charge in [-0.15, -0.1) is 0 Å². The van der Waals surface area contributed by atoms with Crippen molar-refractivity contribution in [1.29, 1.82) is 0 Å². The third-order valence-corrected chi connectivity index (χ3v) is 3.74. The van der Waals surface area contributed by atoms with Crippen LogP contribution in [0.5, 0.6) is 0 Å². The van der Waals surface area contributed by atoms with Gasteiger partial charge in [0.1, 0.15) is 0 Å². The Morgan fingerprint density at radius 2 is 2.00 bits per heavy atom. The van der Waals surface area contributed by atoms with Crippen molar-refractivity contribution in [2.24, 2.45) is 0 Å². The summed E-state index contributed by atoms with van der Waals surface area (Å²) in [5.41, 5.74) is 3.18. The molecule has 1 aromatic rings. The van der Waals surface area contributed by atoms with Crippen LogP contribution >= 0.6 is 0 Å². The van der Waals surface area contributed by atoms with Crippen LogP contribution in [-0.2, 0) is 0 Å². The van der Waals surface area contributed by atoms with E-state index in [9.17, 15) is 4.79 Å². The molecule has 0 aromatic heterocycles. The number of carbonyl (C=O) groups excluding carboxylic acids is 1. The lowest BCUT2D eigenvalue weighted by Gasteiger charge is -2.23. The molecule has 1 heterocycles. The first-order valence-corrected chi connectivity index (χ1v) is 7.20. The molecule has 0 spiro atoms. The summed E-state index contributed by atoms with van der Waals surface area (Å²) in [7, 11) is 0. The molecule has 19 heavy (non-hydrogen) atoms. The Hall–Kier alpha value is -1.35. The summed E-state index contributed by atoms with van der Waals surface area (Å²) in [6.45, 7) is 8.13. The molecule has 1 saturated heterocycles. The summed E-state index contributed by atoms with van der Waals surface area (Å²) in [5, 5.41) is 6.36. The van der Waals surface area contributed by atoms with E-state index in [0.29, 0.717) is 5.92 Å². The Labute approximate surface area is 115 Å². The summed E-state index contributed by atoms with van der Waals surface area (Å²) in [4.78, 5) is 12.2. The summed E-state index contributed by atoms with van der Waals surface area (Å²) in [6.07, 6.45) is 2.32. The monoisotopic (exact) mass is 260 g/mol. The van der Waals surface area contributed by atoms with E-state index in [1.54, 1.807) is 0 Å². The smallest absolute Gasteiger partial charge is 0.251 e. The fourth-order valence-electron chi connectivity index (χ4n) is 2.63. The third-order valence-electron chi connectivity index (χ3n) is 3.74. The molecule has 1 aliphatic rings. The summed E-state index contributed by atoms with van der Waals surface area (Å²) in [6, 6.07) is 6.52. The Balaban J connectivity index is 2.21. The number of benzene rings is 1. The molecule has 3 heteroatoms. The molecule has 1 amide bonds. The van der Waals surface area contributed by atoms with Crippen molar-refractivity contribution in [1.82, 2.24) is 10.6 Å². The van der Waals surface area contributed by atoms with E-state index in [2.05, 4.69) is 28.8 Å². The highest BCUT2D eigenvalue weighted by molar-refractivity contribution is 5.96. The molecule has 1 fully saturated rings. The first-order chi connectivity index (χ1) is 9.08. The molecular formula is C16H24N2O.